The number of aliphatic hydroxyl groups excluding tert-OH is 1. The highest BCUT2D eigenvalue weighted by atomic mass is 16.6. The Hall–Kier alpha value is -4.08. The normalized spacial score (nSPS) is 17.5. The number of amides is 1. The summed E-state index contributed by atoms with van der Waals surface area (Å²) in [6.45, 7) is 2.00. The smallest absolute Gasteiger partial charge is 0.311 e. The number of aliphatic hydroxyl groups is 1. The highest BCUT2D eigenvalue weighted by molar-refractivity contribution is 6.46. The minimum atomic E-state index is -1.07. The first kappa shape index (κ1) is 22.6. The van der Waals surface area contributed by atoms with Crippen LogP contribution in [-0.4, -0.2) is 52.5 Å². The van der Waals surface area contributed by atoms with Gasteiger partial charge in [-0.1, -0.05) is 13.0 Å². The van der Waals surface area contributed by atoms with Crippen LogP contribution in [0.5, 0.6) is 17.2 Å². The molecule has 0 aliphatic carbocycles. The van der Waals surface area contributed by atoms with Gasteiger partial charge in [0.25, 0.3) is 11.7 Å². The largest absolute Gasteiger partial charge is 0.507 e. The van der Waals surface area contributed by atoms with Gasteiger partial charge in [0.1, 0.15) is 5.76 Å². The molecule has 1 aliphatic rings. The predicted octanol–water partition coefficient (Wildman–Crippen LogP) is 3.15. The van der Waals surface area contributed by atoms with Crippen LogP contribution < -0.4 is 9.47 Å². The zero-order chi connectivity index (χ0) is 23.6. The second-order valence-electron chi connectivity index (χ2n) is 7.07. The standard InChI is InChI=1S/C22H22N2O8/c1-4-9-23-19(12-5-7-15(25)14(10-12)24(29)30)18(21(27)22(23)28)20(26)13-6-8-16(31-2)17(11-13)32-3/h5-8,10-11,19,25-26H,4,9H2,1-3H3/b20-18-. The van der Waals surface area contributed by atoms with Gasteiger partial charge >= 0.3 is 5.69 Å². The van der Waals surface area contributed by atoms with Gasteiger partial charge in [-0.2, -0.15) is 0 Å². The van der Waals surface area contributed by atoms with E-state index in [-0.39, 0.29) is 23.2 Å². The van der Waals surface area contributed by atoms with E-state index in [2.05, 4.69) is 0 Å². The number of ketones is 1. The van der Waals surface area contributed by atoms with E-state index in [1.54, 1.807) is 0 Å². The molecule has 32 heavy (non-hydrogen) atoms. The number of rotatable bonds is 7. The topological polar surface area (TPSA) is 139 Å². The summed E-state index contributed by atoms with van der Waals surface area (Å²) in [6, 6.07) is 7.02. The summed E-state index contributed by atoms with van der Waals surface area (Å²) in [7, 11) is 2.86. The molecule has 0 saturated carbocycles. The number of carbonyl (C=O) groups excluding carboxylic acids is 2. The minimum Gasteiger partial charge on any atom is -0.507 e. The molecular weight excluding hydrogens is 420 g/mol. The SMILES string of the molecule is CCCN1C(=O)C(=O)/C(=C(\O)c2ccc(OC)c(OC)c2)C1c1ccc(O)c([N+](=O)[O-])c1. The van der Waals surface area contributed by atoms with Crippen molar-refractivity contribution in [1.29, 1.82) is 0 Å². The number of hydrogen-bond acceptors (Lipinski definition) is 8. The molecule has 1 heterocycles. The molecule has 0 bridgehead atoms. The molecule has 1 fully saturated rings. The van der Waals surface area contributed by atoms with Crippen molar-refractivity contribution in [3.05, 3.63) is 63.2 Å². The Balaban J connectivity index is 2.24. The zero-order valence-electron chi connectivity index (χ0n) is 17.7. The number of nitro benzene ring substituents is 1. The Morgan fingerprint density at radius 1 is 1.12 bits per heavy atom. The Morgan fingerprint density at radius 3 is 2.41 bits per heavy atom. The first-order valence-electron chi connectivity index (χ1n) is 9.73. The molecule has 10 nitrogen and oxygen atoms in total. The van der Waals surface area contributed by atoms with Crippen LogP contribution in [-0.2, 0) is 9.59 Å². The van der Waals surface area contributed by atoms with E-state index < -0.39 is 39.9 Å². The van der Waals surface area contributed by atoms with Gasteiger partial charge in [0, 0.05) is 18.2 Å². The number of methoxy groups -OCH3 is 2. The number of carbonyl (C=O) groups is 2. The average molecular weight is 442 g/mol. The van der Waals surface area contributed by atoms with Crippen molar-refractivity contribution in [2.24, 2.45) is 0 Å². The molecule has 0 spiro atoms. The number of phenolic OH excluding ortho intramolecular Hbond substituents is 1. The Bertz CT molecular complexity index is 1120. The number of phenols is 1. The number of aromatic hydroxyl groups is 1. The van der Waals surface area contributed by atoms with E-state index in [0.717, 1.165) is 12.1 Å². The molecule has 1 saturated heterocycles. The van der Waals surface area contributed by atoms with E-state index in [0.29, 0.717) is 17.9 Å². The fraction of sp³-hybridized carbons (Fsp3) is 0.273. The van der Waals surface area contributed by atoms with Crippen molar-refractivity contribution < 1.29 is 34.2 Å². The maximum Gasteiger partial charge on any atom is 0.311 e. The summed E-state index contributed by atoms with van der Waals surface area (Å²) in [4.78, 5) is 37.4. The number of benzene rings is 2. The lowest BCUT2D eigenvalue weighted by atomic mass is 9.94. The van der Waals surface area contributed by atoms with Gasteiger partial charge in [0.2, 0.25) is 0 Å². The first-order valence-corrected chi connectivity index (χ1v) is 9.73. The Morgan fingerprint density at radius 2 is 1.81 bits per heavy atom. The van der Waals surface area contributed by atoms with Gasteiger partial charge in [0.15, 0.2) is 17.2 Å². The second-order valence-corrected chi connectivity index (χ2v) is 7.07. The van der Waals surface area contributed by atoms with Crippen LogP contribution in [0.25, 0.3) is 5.76 Å². The summed E-state index contributed by atoms with van der Waals surface area (Å²) in [6.07, 6.45) is 0.514. The van der Waals surface area contributed by atoms with Crippen molar-refractivity contribution in [2.75, 3.05) is 20.8 Å². The molecule has 2 aromatic rings. The van der Waals surface area contributed by atoms with E-state index >= 15 is 0 Å². The van der Waals surface area contributed by atoms with Crippen LogP contribution in [0.15, 0.2) is 42.0 Å². The maximum atomic E-state index is 12.9. The van der Waals surface area contributed by atoms with E-state index in [1.165, 1.54) is 43.4 Å². The molecule has 168 valence electrons. The molecular formula is C22H22N2O8. The third kappa shape index (κ3) is 3.82. The summed E-state index contributed by atoms with van der Waals surface area (Å²) >= 11 is 0. The molecule has 1 atom stereocenters. The minimum absolute atomic E-state index is 0.187. The maximum absolute atomic E-state index is 12.9. The lowest BCUT2D eigenvalue weighted by Gasteiger charge is -2.24. The van der Waals surface area contributed by atoms with Crippen LogP contribution in [0.2, 0.25) is 0 Å². The lowest BCUT2D eigenvalue weighted by molar-refractivity contribution is -0.385. The molecule has 0 aromatic heterocycles. The van der Waals surface area contributed by atoms with Crippen molar-refractivity contribution >= 4 is 23.1 Å². The Labute approximate surface area is 183 Å². The van der Waals surface area contributed by atoms with E-state index in [4.69, 9.17) is 9.47 Å². The zero-order valence-corrected chi connectivity index (χ0v) is 17.7. The van der Waals surface area contributed by atoms with Crippen molar-refractivity contribution in [2.45, 2.75) is 19.4 Å². The van der Waals surface area contributed by atoms with Crippen LogP contribution >= 0.6 is 0 Å². The molecule has 2 aromatic carbocycles. The first-order chi connectivity index (χ1) is 15.2. The van der Waals surface area contributed by atoms with Gasteiger partial charge in [-0.3, -0.25) is 19.7 Å². The van der Waals surface area contributed by atoms with Crippen LogP contribution in [0.4, 0.5) is 5.69 Å². The summed E-state index contributed by atoms with van der Waals surface area (Å²) in [5, 5.41) is 32.2. The predicted molar refractivity (Wildman–Crippen MR) is 114 cm³/mol. The molecule has 3 rings (SSSR count). The third-order valence-electron chi connectivity index (χ3n) is 5.17. The number of Topliss-reactive ketones (excluding diaryl/α,β-unsaturated/α-hetero) is 1. The van der Waals surface area contributed by atoms with Crippen molar-refractivity contribution in [3.8, 4) is 17.2 Å². The van der Waals surface area contributed by atoms with Gasteiger partial charge in [-0.15, -0.1) is 0 Å². The quantitative estimate of drug-likeness (QED) is 0.219. The fourth-order valence-corrected chi connectivity index (χ4v) is 3.69. The molecule has 0 radical (unpaired) electrons. The van der Waals surface area contributed by atoms with Crippen molar-refractivity contribution in [3.63, 3.8) is 0 Å². The molecule has 1 aliphatic heterocycles. The monoisotopic (exact) mass is 442 g/mol. The fourth-order valence-electron chi connectivity index (χ4n) is 3.69. The van der Waals surface area contributed by atoms with E-state index in [9.17, 15) is 29.9 Å². The lowest BCUT2D eigenvalue weighted by Crippen LogP contribution is -2.30. The highest BCUT2D eigenvalue weighted by Crippen LogP contribution is 2.42. The molecule has 1 amide bonds. The number of ether oxygens (including phenoxy) is 2. The van der Waals surface area contributed by atoms with Crippen LogP contribution in [0, 0.1) is 10.1 Å². The summed E-state index contributed by atoms with van der Waals surface area (Å²) in [5.74, 6) is -2.03. The van der Waals surface area contributed by atoms with Crippen molar-refractivity contribution in [1.82, 2.24) is 4.90 Å². The highest BCUT2D eigenvalue weighted by Gasteiger charge is 2.46. The third-order valence-corrected chi connectivity index (χ3v) is 5.17. The Kier molecular flexibility index (Phi) is 6.33. The second kappa shape index (κ2) is 8.96. The average Bonchev–Trinajstić information content (AvgIpc) is 3.03. The molecule has 10 heteroatoms. The van der Waals surface area contributed by atoms with Gasteiger partial charge in [-0.05, 0) is 36.2 Å². The van der Waals surface area contributed by atoms with Crippen LogP contribution in [0.3, 0.4) is 0 Å². The van der Waals surface area contributed by atoms with Gasteiger partial charge in [0.05, 0.1) is 30.8 Å². The number of hydrogen-bond donors (Lipinski definition) is 2. The van der Waals surface area contributed by atoms with Crippen LogP contribution in [0.1, 0.15) is 30.5 Å². The number of nitrogens with zero attached hydrogens (tertiary/aromatic N) is 2. The summed E-state index contributed by atoms with van der Waals surface area (Å²) in [5.41, 5.74) is -0.369. The van der Waals surface area contributed by atoms with Gasteiger partial charge < -0.3 is 24.6 Å². The van der Waals surface area contributed by atoms with Gasteiger partial charge in [-0.25, -0.2) is 0 Å². The van der Waals surface area contributed by atoms with E-state index in [1.807, 2.05) is 6.92 Å². The molecule has 2 N–H and O–H groups in total. The summed E-state index contributed by atoms with van der Waals surface area (Å²) < 4.78 is 10.4. The number of nitro groups is 1. The molecule has 1 unspecified atom stereocenters. The number of likely N-dealkylation sites (tertiary alicyclic amines) is 1.